The van der Waals surface area contributed by atoms with E-state index in [2.05, 4.69) is 73.2 Å². The van der Waals surface area contributed by atoms with E-state index in [1.165, 1.54) is 18.4 Å². The van der Waals surface area contributed by atoms with Gasteiger partial charge in [-0.2, -0.15) is 0 Å². The molecular formula is C15H24BrN. The lowest BCUT2D eigenvalue weighted by molar-refractivity contribution is 0.357. The summed E-state index contributed by atoms with van der Waals surface area (Å²) in [6, 6.07) is 8.93. The van der Waals surface area contributed by atoms with E-state index in [0.29, 0.717) is 11.5 Å². The molecule has 1 rings (SSSR count). The van der Waals surface area contributed by atoms with Gasteiger partial charge in [-0.1, -0.05) is 48.8 Å². The van der Waals surface area contributed by atoms with Crippen molar-refractivity contribution < 1.29 is 0 Å². The fourth-order valence-corrected chi connectivity index (χ4v) is 2.25. The Balaban J connectivity index is 2.33. The normalized spacial score (nSPS) is 13.7. The lowest BCUT2D eigenvalue weighted by Crippen LogP contribution is -2.21. The molecule has 1 aromatic carbocycles. The van der Waals surface area contributed by atoms with E-state index in [-0.39, 0.29) is 0 Å². The maximum atomic E-state index is 3.58. The minimum atomic E-state index is 0.424. The predicted octanol–water partition coefficient (Wildman–Crippen LogP) is 4.93. The number of hydrogen-bond donors (Lipinski definition) is 1. The highest BCUT2D eigenvalue weighted by Crippen LogP contribution is 2.21. The zero-order chi connectivity index (χ0) is 12.9. The maximum Gasteiger partial charge on any atom is 0.0292 e. The van der Waals surface area contributed by atoms with Crippen LogP contribution in [0.4, 0.5) is 0 Å². The van der Waals surface area contributed by atoms with Gasteiger partial charge in [0.25, 0.3) is 0 Å². The van der Waals surface area contributed by atoms with Crippen molar-refractivity contribution in [2.24, 2.45) is 5.41 Å². The Morgan fingerprint density at radius 2 is 2.00 bits per heavy atom. The molecule has 2 heteroatoms. The molecule has 1 atom stereocenters. The summed E-state index contributed by atoms with van der Waals surface area (Å²) in [7, 11) is 0. The Morgan fingerprint density at radius 3 is 2.59 bits per heavy atom. The van der Waals surface area contributed by atoms with Crippen LogP contribution in [0.5, 0.6) is 0 Å². The lowest BCUT2D eigenvalue weighted by Gasteiger charge is -2.19. The first kappa shape index (κ1) is 14.7. The van der Waals surface area contributed by atoms with Crippen molar-refractivity contribution in [1.29, 1.82) is 0 Å². The molecule has 0 aliphatic carbocycles. The minimum Gasteiger partial charge on any atom is -0.310 e. The summed E-state index contributed by atoms with van der Waals surface area (Å²) in [4.78, 5) is 0. The van der Waals surface area contributed by atoms with Crippen LogP contribution in [0.2, 0.25) is 0 Å². The van der Waals surface area contributed by atoms with Gasteiger partial charge < -0.3 is 5.32 Å². The van der Waals surface area contributed by atoms with Crippen LogP contribution in [0.25, 0.3) is 0 Å². The SMILES string of the molecule is CC(NCCCC(C)(C)C)c1cccc(Br)c1. The molecule has 0 fully saturated rings. The molecule has 0 saturated heterocycles. The number of halogens is 1. The zero-order valence-corrected chi connectivity index (χ0v) is 13.0. The fourth-order valence-electron chi connectivity index (χ4n) is 1.83. The van der Waals surface area contributed by atoms with Gasteiger partial charge in [0, 0.05) is 10.5 Å². The largest absolute Gasteiger partial charge is 0.310 e. The van der Waals surface area contributed by atoms with Crippen molar-refractivity contribution in [1.82, 2.24) is 5.32 Å². The fraction of sp³-hybridized carbons (Fsp3) is 0.600. The van der Waals surface area contributed by atoms with Gasteiger partial charge in [0.2, 0.25) is 0 Å². The highest BCUT2D eigenvalue weighted by atomic mass is 79.9. The van der Waals surface area contributed by atoms with Gasteiger partial charge in [-0.25, -0.2) is 0 Å². The standard InChI is InChI=1S/C15H24BrN/c1-12(13-7-5-8-14(16)11-13)17-10-6-9-15(2,3)4/h5,7-8,11-12,17H,6,9-10H2,1-4H3. The van der Waals surface area contributed by atoms with Crippen LogP contribution in [0.15, 0.2) is 28.7 Å². The second kappa shape index (κ2) is 6.55. The molecule has 17 heavy (non-hydrogen) atoms. The minimum absolute atomic E-state index is 0.424. The Hall–Kier alpha value is -0.340. The van der Waals surface area contributed by atoms with E-state index < -0.39 is 0 Å². The van der Waals surface area contributed by atoms with Crippen LogP contribution in [0.3, 0.4) is 0 Å². The van der Waals surface area contributed by atoms with E-state index in [1.807, 2.05) is 0 Å². The van der Waals surface area contributed by atoms with Crippen molar-refractivity contribution in [3.63, 3.8) is 0 Å². The van der Waals surface area contributed by atoms with E-state index in [0.717, 1.165) is 11.0 Å². The molecule has 0 amide bonds. The smallest absolute Gasteiger partial charge is 0.0292 e. The van der Waals surface area contributed by atoms with Gasteiger partial charge in [-0.3, -0.25) is 0 Å². The lowest BCUT2D eigenvalue weighted by atomic mass is 9.90. The summed E-state index contributed by atoms with van der Waals surface area (Å²) in [6.07, 6.45) is 2.51. The molecule has 96 valence electrons. The highest BCUT2D eigenvalue weighted by molar-refractivity contribution is 9.10. The topological polar surface area (TPSA) is 12.0 Å². The zero-order valence-electron chi connectivity index (χ0n) is 11.4. The predicted molar refractivity (Wildman–Crippen MR) is 79.2 cm³/mol. The van der Waals surface area contributed by atoms with E-state index in [4.69, 9.17) is 0 Å². The average Bonchev–Trinajstić information content (AvgIpc) is 2.23. The number of nitrogens with one attached hydrogen (secondary N) is 1. The maximum absolute atomic E-state index is 3.58. The Kier molecular flexibility index (Phi) is 5.68. The molecule has 0 aromatic heterocycles. The number of hydrogen-bond acceptors (Lipinski definition) is 1. The molecule has 0 aliphatic heterocycles. The second-order valence-corrected chi connectivity index (χ2v) is 6.81. The summed E-state index contributed by atoms with van der Waals surface area (Å²) >= 11 is 3.51. The van der Waals surface area contributed by atoms with E-state index in [9.17, 15) is 0 Å². The van der Waals surface area contributed by atoms with Gasteiger partial charge in [-0.05, 0) is 49.4 Å². The molecule has 0 spiro atoms. The summed E-state index contributed by atoms with van der Waals surface area (Å²) in [6.45, 7) is 10.2. The van der Waals surface area contributed by atoms with Crippen LogP contribution in [0, 0.1) is 5.41 Å². The van der Waals surface area contributed by atoms with Crippen LogP contribution in [0.1, 0.15) is 52.1 Å². The third-order valence-corrected chi connectivity index (χ3v) is 3.40. The summed E-state index contributed by atoms with van der Waals surface area (Å²) in [5.41, 5.74) is 1.79. The monoisotopic (exact) mass is 297 g/mol. The molecule has 1 nitrogen and oxygen atoms in total. The van der Waals surface area contributed by atoms with Crippen molar-refractivity contribution in [3.05, 3.63) is 34.3 Å². The Bertz CT molecular complexity index is 341. The molecule has 0 heterocycles. The van der Waals surface area contributed by atoms with Gasteiger partial charge in [0.1, 0.15) is 0 Å². The van der Waals surface area contributed by atoms with Gasteiger partial charge in [0.15, 0.2) is 0 Å². The van der Waals surface area contributed by atoms with Crippen LogP contribution >= 0.6 is 15.9 Å². The highest BCUT2D eigenvalue weighted by Gasteiger charge is 2.10. The van der Waals surface area contributed by atoms with E-state index >= 15 is 0 Å². The molecule has 0 saturated carbocycles. The average molecular weight is 298 g/mol. The van der Waals surface area contributed by atoms with Crippen LogP contribution in [-0.4, -0.2) is 6.54 Å². The summed E-state index contributed by atoms with van der Waals surface area (Å²) in [5, 5.41) is 3.58. The summed E-state index contributed by atoms with van der Waals surface area (Å²) in [5.74, 6) is 0. The van der Waals surface area contributed by atoms with Crippen LogP contribution < -0.4 is 5.32 Å². The molecule has 0 aliphatic rings. The summed E-state index contributed by atoms with van der Waals surface area (Å²) < 4.78 is 1.15. The molecule has 1 N–H and O–H groups in total. The Labute approximate surface area is 114 Å². The van der Waals surface area contributed by atoms with Crippen molar-refractivity contribution in [2.75, 3.05) is 6.54 Å². The van der Waals surface area contributed by atoms with Crippen molar-refractivity contribution in [3.8, 4) is 0 Å². The molecule has 1 aromatic rings. The molecule has 0 bridgehead atoms. The van der Waals surface area contributed by atoms with Crippen molar-refractivity contribution >= 4 is 15.9 Å². The number of benzene rings is 1. The number of rotatable bonds is 5. The second-order valence-electron chi connectivity index (χ2n) is 5.90. The third-order valence-electron chi connectivity index (χ3n) is 2.90. The van der Waals surface area contributed by atoms with Gasteiger partial charge in [-0.15, -0.1) is 0 Å². The first-order chi connectivity index (χ1) is 7.88. The molecule has 0 radical (unpaired) electrons. The van der Waals surface area contributed by atoms with E-state index in [1.54, 1.807) is 0 Å². The van der Waals surface area contributed by atoms with Gasteiger partial charge in [0.05, 0.1) is 0 Å². The van der Waals surface area contributed by atoms with Crippen LogP contribution in [-0.2, 0) is 0 Å². The quantitative estimate of drug-likeness (QED) is 0.760. The Morgan fingerprint density at radius 1 is 1.29 bits per heavy atom. The first-order valence-corrected chi connectivity index (χ1v) is 7.17. The van der Waals surface area contributed by atoms with Crippen molar-refractivity contribution in [2.45, 2.75) is 46.6 Å². The molecule has 1 unspecified atom stereocenters. The van der Waals surface area contributed by atoms with Gasteiger partial charge >= 0.3 is 0 Å². The molecular weight excluding hydrogens is 274 g/mol. The first-order valence-electron chi connectivity index (χ1n) is 6.37. The third kappa shape index (κ3) is 6.23.